The number of nitriles is 1. The van der Waals surface area contributed by atoms with Crippen molar-refractivity contribution in [3.63, 3.8) is 0 Å². The van der Waals surface area contributed by atoms with Crippen molar-refractivity contribution in [1.82, 2.24) is 4.90 Å². The zero-order chi connectivity index (χ0) is 18.6. The maximum atomic E-state index is 12.2. The monoisotopic (exact) mass is 355 g/mol. The molecule has 3 rings (SSSR count). The Bertz CT molecular complexity index is 653. The van der Waals surface area contributed by atoms with Crippen LogP contribution in [0.15, 0.2) is 24.3 Å². The van der Waals surface area contributed by atoms with Gasteiger partial charge in [0, 0.05) is 44.8 Å². The van der Waals surface area contributed by atoms with Crippen LogP contribution < -0.4 is 4.90 Å². The van der Waals surface area contributed by atoms with Gasteiger partial charge in [-0.05, 0) is 43.5 Å². The van der Waals surface area contributed by atoms with E-state index in [1.54, 1.807) is 0 Å². The fraction of sp³-hybridized carbons (Fsp3) is 0.619. The first-order chi connectivity index (χ1) is 12.6. The summed E-state index contributed by atoms with van der Waals surface area (Å²) < 4.78 is 5.66. The second-order valence-corrected chi connectivity index (χ2v) is 7.49. The van der Waals surface area contributed by atoms with Gasteiger partial charge in [-0.1, -0.05) is 13.8 Å². The molecule has 1 aromatic carbocycles. The van der Waals surface area contributed by atoms with Crippen LogP contribution >= 0.6 is 0 Å². The van der Waals surface area contributed by atoms with Gasteiger partial charge >= 0.3 is 5.97 Å². The highest BCUT2D eigenvalue weighted by molar-refractivity contribution is 5.78. The summed E-state index contributed by atoms with van der Waals surface area (Å²) in [7, 11) is 0. The van der Waals surface area contributed by atoms with Crippen LogP contribution in [-0.4, -0.2) is 49.7 Å². The van der Waals surface area contributed by atoms with E-state index < -0.39 is 0 Å². The molecule has 26 heavy (non-hydrogen) atoms. The maximum absolute atomic E-state index is 12.2. The van der Waals surface area contributed by atoms with Crippen LogP contribution in [0.1, 0.15) is 45.1 Å². The Hall–Kier alpha value is -2.06. The molecule has 0 spiro atoms. The number of benzene rings is 1. The van der Waals surface area contributed by atoms with Crippen molar-refractivity contribution in [3.8, 4) is 6.07 Å². The molecule has 5 heteroatoms. The first-order valence-electron chi connectivity index (χ1n) is 9.79. The van der Waals surface area contributed by atoms with Crippen molar-refractivity contribution in [2.45, 2.75) is 45.6 Å². The number of carbonyl (C=O) groups excluding carboxylic acids is 1. The van der Waals surface area contributed by atoms with Crippen molar-refractivity contribution in [2.75, 3.05) is 37.6 Å². The number of carbonyl (C=O) groups is 1. The summed E-state index contributed by atoms with van der Waals surface area (Å²) in [6.07, 6.45) is 3.65. The molecule has 2 aliphatic rings. The molecule has 2 heterocycles. The topological polar surface area (TPSA) is 56.6 Å². The van der Waals surface area contributed by atoms with Crippen LogP contribution in [0.3, 0.4) is 0 Å². The first-order valence-corrected chi connectivity index (χ1v) is 9.79. The smallest absolute Gasteiger partial charge is 0.312 e. The lowest BCUT2D eigenvalue weighted by Crippen LogP contribution is -2.47. The highest BCUT2D eigenvalue weighted by atomic mass is 16.6. The summed E-state index contributed by atoms with van der Waals surface area (Å²) in [5.41, 5.74) is 1.65. The summed E-state index contributed by atoms with van der Waals surface area (Å²) in [4.78, 5) is 17.0. The molecule has 0 amide bonds. The predicted octanol–water partition coefficient (Wildman–Crippen LogP) is 3.19. The maximum Gasteiger partial charge on any atom is 0.312 e. The van der Waals surface area contributed by atoms with Crippen molar-refractivity contribution in [1.29, 1.82) is 5.26 Å². The highest BCUT2D eigenvalue weighted by Gasteiger charge is 2.46. The minimum Gasteiger partial charge on any atom is -0.462 e. The molecular weight excluding hydrogens is 326 g/mol. The number of hydrogen-bond donors (Lipinski definition) is 0. The first kappa shape index (κ1) is 18.7. The molecule has 0 aromatic heterocycles. The summed E-state index contributed by atoms with van der Waals surface area (Å²) in [5, 5.41) is 8.90. The zero-order valence-corrected chi connectivity index (χ0v) is 15.9. The number of piperazine rings is 1. The average Bonchev–Trinajstić information content (AvgIpc) is 3.03. The van der Waals surface area contributed by atoms with E-state index >= 15 is 0 Å². The van der Waals surface area contributed by atoms with Crippen LogP contribution in [0.4, 0.5) is 5.69 Å². The van der Waals surface area contributed by atoms with Crippen LogP contribution in [-0.2, 0) is 9.53 Å². The number of anilines is 1. The lowest BCUT2D eigenvalue weighted by Gasteiger charge is -2.36. The van der Waals surface area contributed by atoms with Crippen LogP contribution in [0.25, 0.3) is 0 Å². The molecular formula is C21H29N3O2. The largest absolute Gasteiger partial charge is 0.462 e. The van der Waals surface area contributed by atoms with Crippen molar-refractivity contribution < 1.29 is 9.53 Å². The molecule has 0 aliphatic carbocycles. The Morgan fingerprint density at radius 2 is 1.81 bits per heavy atom. The molecule has 0 bridgehead atoms. The lowest BCUT2D eigenvalue weighted by molar-refractivity contribution is -0.149. The average molecular weight is 355 g/mol. The molecule has 5 nitrogen and oxygen atoms in total. The second kappa shape index (κ2) is 8.09. The van der Waals surface area contributed by atoms with Crippen LogP contribution in [0, 0.1) is 16.7 Å². The molecule has 1 atom stereocenters. The Morgan fingerprint density at radius 1 is 1.15 bits per heavy atom. The fourth-order valence-corrected chi connectivity index (χ4v) is 4.13. The number of esters is 1. The van der Waals surface area contributed by atoms with Gasteiger partial charge in [-0.3, -0.25) is 9.69 Å². The van der Waals surface area contributed by atoms with Crippen LogP contribution in [0.2, 0.25) is 0 Å². The third-order valence-electron chi connectivity index (χ3n) is 6.18. The van der Waals surface area contributed by atoms with E-state index in [0.717, 1.165) is 58.4 Å². The van der Waals surface area contributed by atoms with E-state index in [1.807, 2.05) is 24.3 Å². The fourth-order valence-electron chi connectivity index (χ4n) is 4.13. The minimum atomic E-state index is -0.237. The van der Waals surface area contributed by atoms with Gasteiger partial charge in [0.25, 0.3) is 0 Å². The van der Waals surface area contributed by atoms with E-state index in [2.05, 4.69) is 29.7 Å². The Labute approximate surface area is 156 Å². The number of hydrogen-bond acceptors (Lipinski definition) is 5. The third-order valence-corrected chi connectivity index (χ3v) is 6.18. The molecule has 2 saturated heterocycles. The minimum absolute atomic E-state index is 0.0122. The van der Waals surface area contributed by atoms with Gasteiger partial charge in [-0.2, -0.15) is 5.26 Å². The van der Waals surface area contributed by atoms with Crippen molar-refractivity contribution >= 4 is 11.7 Å². The molecule has 2 aliphatic heterocycles. The molecule has 0 radical (unpaired) electrons. The van der Waals surface area contributed by atoms with Gasteiger partial charge in [0.1, 0.15) is 6.10 Å². The zero-order valence-electron chi connectivity index (χ0n) is 15.9. The van der Waals surface area contributed by atoms with E-state index in [1.165, 1.54) is 5.69 Å². The van der Waals surface area contributed by atoms with Gasteiger partial charge in [0.15, 0.2) is 0 Å². The quantitative estimate of drug-likeness (QED) is 0.734. The van der Waals surface area contributed by atoms with E-state index in [0.29, 0.717) is 5.56 Å². The summed E-state index contributed by atoms with van der Waals surface area (Å²) >= 11 is 0. The normalized spacial score (nSPS) is 22.9. The number of nitrogens with zero attached hydrogens (tertiary/aromatic N) is 3. The SMILES string of the molecule is CCC1(CC)C[C@H](CCN2CCN(c3ccc(C#N)cc3)CC2)OC1=O. The standard InChI is InChI=1S/C21H29N3O2/c1-3-21(4-2)15-19(26-20(21)25)9-10-23-11-13-24(14-12-23)18-7-5-17(16-22)6-8-18/h5-8,19H,3-4,9-15H2,1-2H3/t19-/m0/s1. The molecule has 0 saturated carbocycles. The van der Waals surface area contributed by atoms with Gasteiger partial charge in [0.2, 0.25) is 0 Å². The van der Waals surface area contributed by atoms with Crippen molar-refractivity contribution in [3.05, 3.63) is 29.8 Å². The molecule has 0 unspecified atom stereocenters. The van der Waals surface area contributed by atoms with Crippen LogP contribution in [0.5, 0.6) is 0 Å². The molecule has 2 fully saturated rings. The highest BCUT2D eigenvalue weighted by Crippen LogP contribution is 2.41. The van der Waals surface area contributed by atoms with Crippen molar-refractivity contribution in [2.24, 2.45) is 5.41 Å². The van der Waals surface area contributed by atoms with E-state index in [9.17, 15) is 4.79 Å². The number of ether oxygens (including phenoxy) is 1. The van der Waals surface area contributed by atoms with Gasteiger partial charge < -0.3 is 9.64 Å². The number of rotatable bonds is 6. The predicted molar refractivity (Wildman–Crippen MR) is 102 cm³/mol. The van der Waals surface area contributed by atoms with Gasteiger partial charge in [-0.15, -0.1) is 0 Å². The van der Waals surface area contributed by atoms with Gasteiger partial charge in [0.05, 0.1) is 17.0 Å². The Kier molecular flexibility index (Phi) is 5.83. The van der Waals surface area contributed by atoms with E-state index in [4.69, 9.17) is 10.00 Å². The molecule has 140 valence electrons. The number of cyclic esters (lactones) is 1. The van der Waals surface area contributed by atoms with Gasteiger partial charge in [-0.25, -0.2) is 0 Å². The summed E-state index contributed by atoms with van der Waals surface area (Å²) in [6, 6.07) is 9.98. The second-order valence-electron chi connectivity index (χ2n) is 7.49. The third kappa shape index (κ3) is 3.86. The lowest BCUT2D eigenvalue weighted by atomic mass is 9.79. The molecule has 1 aromatic rings. The summed E-state index contributed by atoms with van der Waals surface area (Å²) in [6.45, 7) is 9.20. The Morgan fingerprint density at radius 3 is 2.35 bits per heavy atom. The van der Waals surface area contributed by atoms with E-state index in [-0.39, 0.29) is 17.5 Å². The Balaban J connectivity index is 1.45. The molecule has 0 N–H and O–H groups in total. The summed E-state index contributed by atoms with van der Waals surface area (Å²) in [5.74, 6) is 0.0122.